The van der Waals surface area contributed by atoms with Crippen molar-refractivity contribution in [2.24, 2.45) is 23.7 Å². The third-order valence-corrected chi connectivity index (χ3v) is 7.32. The maximum atomic E-state index is 13.6. The number of hydrogen-bond acceptors (Lipinski definition) is 9. The summed E-state index contributed by atoms with van der Waals surface area (Å²) in [6.07, 6.45) is -1.66. The number of phenolic OH excluding ortho intramolecular Hbond substituents is 1. The fraction of sp³-hybridized carbons (Fsp3) is 0.500. The first kappa shape index (κ1) is 22.3. The second kappa shape index (κ2) is 7.03. The van der Waals surface area contributed by atoms with Crippen LogP contribution in [0.25, 0.3) is 0 Å². The van der Waals surface area contributed by atoms with E-state index in [1.807, 2.05) is 0 Å². The Morgan fingerprint density at radius 2 is 1.72 bits per heavy atom. The van der Waals surface area contributed by atoms with Crippen LogP contribution in [0.2, 0.25) is 0 Å². The number of carbonyl (C=O) groups is 5. The highest BCUT2D eigenvalue weighted by molar-refractivity contribution is 6.32. The van der Waals surface area contributed by atoms with E-state index in [9.17, 15) is 44.4 Å². The molecule has 170 valence electrons. The van der Waals surface area contributed by atoms with E-state index in [-0.39, 0.29) is 11.3 Å². The molecule has 0 aromatic heterocycles. The second-order valence-corrected chi connectivity index (χ2v) is 9.04. The Kier molecular flexibility index (Phi) is 4.89. The molecule has 3 aliphatic rings. The van der Waals surface area contributed by atoms with Gasteiger partial charge in [0, 0.05) is 5.92 Å². The van der Waals surface area contributed by atoms with Crippen LogP contribution in [0.15, 0.2) is 18.2 Å². The number of aromatic hydroxyl groups is 1. The lowest BCUT2D eigenvalue weighted by Crippen LogP contribution is -2.77. The Hall–Kier alpha value is -2.95. The van der Waals surface area contributed by atoms with Crippen LogP contribution in [0.1, 0.15) is 28.8 Å². The van der Waals surface area contributed by atoms with E-state index >= 15 is 0 Å². The van der Waals surface area contributed by atoms with Crippen molar-refractivity contribution in [2.45, 2.75) is 30.6 Å². The van der Waals surface area contributed by atoms with Gasteiger partial charge in [-0.2, -0.15) is 0 Å². The third-order valence-electron chi connectivity index (χ3n) is 7.32. The maximum Gasteiger partial charge on any atom is 0.321 e. The lowest BCUT2D eigenvalue weighted by atomic mass is 9.49. The van der Waals surface area contributed by atoms with Gasteiger partial charge in [-0.05, 0) is 31.6 Å². The minimum atomic E-state index is -3.05. The number of carboxylic acid groups (broad SMARTS) is 1. The highest BCUT2D eigenvalue weighted by Gasteiger charge is 2.73. The van der Waals surface area contributed by atoms with Crippen molar-refractivity contribution < 1.29 is 44.4 Å². The number of carboxylic acids is 1. The monoisotopic (exact) mass is 445 g/mol. The van der Waals surface area contributed by atoms with Gasteiger partial charge in [0.05, 0.1) is 29.5 Å². The number of fused-ring (bicyclic) bond motifs is 3. The molecule has 1 aromatic rings. The van der Waals surface area contributed by atoms with Crippen LogP contribution in [-0.2, 0) is 19.2 Å². The Morgan fingerprint density at radius 1 is 1.09 bits per heavy atom. The summed E-state index contributed by atoms with van der Waals surface area (Å²) in [6.45, 7) is 1.64. The number of hydrogen-bond donors (Lipinski definition) is 4. The highest BCUT2D eigenvalue weighted by Crippen LogP contribution is 2.54. The van der Waals surface area contributed by atoms with Gasteiger partial charge < -0.3 is 20.4 Å². The molecule has 0 saturated heterocycles. The third kappa shape index (κ3) is 2.54. The Bertz CT molecular complexity index is 1080. The van der Waals surface area contributed by atoms with Gasteiger partial charge in [-0.3, -0.25) is 28.9 Å². The van der Waals surface area contributed by atoms with Crippen molar-refractivity contribution in [1.82, 2.24) is 4.90 Å². The number of Topliss-reactive ketones (excluding diaryl/α,β-unsaturated/α-hetero) is 4. The molecule has 0 amide bonds. The Labute approximate surface area is 182 Å². The number of ketones is 4. The molecule has 1 aromatic carbocycles. The van der Waals surface area contributed by atoms with Gasteiger partial charge in [0.1, 0.15) is 5.75 Å². The van der Waals surface area contributed by atoms with E-state index < -0.39 is 76.4 Å². The summed E-state index contributed by atoms with van der Waals surface area (Å²) in [5, 5.41) is 42.5. The van der Waals surface area contributed by atoms with Crippen LogP contribution in [0, 0.1) is 23.7 Å². The van der Waals surface area contributed by atoms with Gasteiger partial charge in [0.2, 0.25) is 0 Å². The number of nitrogens with zero attached hydrogens (tertiary/aromatic N) is 1. The minimum absolute atomic E-state index is 0.137. The normalized spacial score (nSPS) is 38.9. The quantitative estimate of drug-likeness (QED) is 0.414. The largest absolute Gasteiger partial charge is 0.507 e. The molecule has 0 radical (unpaired) electrons. The molecule has 2 saturated carbocycles. The molecule has 2 fully saturated rings. The fourth-order valence-corrected chi connectivity index (χ4v) is 5.91. The maximum absolute atomic E-state index is 13.6. The van der Waals surface area contributed by atoms with E-state index in [0.717, 1.165) is 0 Å². The Morgan fingerprint density at radius 3 is 2.28 bits per heavy atom. The number of aliphatic hydroxyl groups excluding tert-OH is 1. The molecule has 10 nitrogen and oxygen atoms in total. The van der Waals surface area contributed by atoms with Crippen LogP contribution in [0.4, 0.5) is 0 Å². The van der Waals surface area contributed by atoms with E-state index in [1.54, 1.807) is 13.0 Å². The molecule has 0 bridgehead atoms. The minimum Gasteiger partial charge on any atom is -0.507 e. The zero-order valence-electron chi connectivity index (χ0n) is 17.6. The summed E-state index contributed by atoms with van der Waals surface area (Å²) in [7, 11) is 2.81. The van der Waals surface area contributed by atoms with Gasteiger partial charge in [-0.1, -0.05) is 19.1 Å². The van der Waals surface area contributed by atoms with E-state index in [1.165, 1.54) is 31.1 Å². The predicted molar refractivity (Wildman–Crippen MR) is 106 cm³/mol. The zero-order chi connectivity index (χ0) is 23.9. The average Bonchev–Trinajstić information content (AvgIpc) is 2.70. The van der Waals surface area contributed by atoms with Gasteiger partial charge in [-0.15, -0.1) is 0 Å². The molecule has 0 aliphatic heterocycles. The molecule has 8 atom stereocenters. The van der Waals surface area contributed by atoms with Crippen molar-refractivity contribution in [3.63, 3.8) is 0 Å². The summed E-state index contributed by atoms with van der Waals surface area (Å²) in [4.78, 5) is 65.8. The van der Waals surface area contributed by atoms with Crippen LogP contribution in [-0.4, -0.2) is 86.3 Å². The summed E-state index contributed by atoms with van der Waals surface area (Å²) in [5.41, 5.74) is -2.79. The standard InChI is InChI=1S/C22H23NO9/c1-7-8-5-4-6-9(24)11(8)16(25)12-10(7)17(26)14-15(23(2)3)18(27)13(21(30)31)20(29)22(14,32)19(12)28/h4-7,10,12-15,17,24,26,32H,1-3H3,(H,30,31)/t7-,10+,12?,13?,14+,15-,17-,22-/m0/s1. The number of aliphatic carboxylic acids is 1. The average molecular weight is 445 g/mol. The van der Waals surface area contributed by atoms with Crippen LogP contribution < -0.4 is 0 Å². The number of rotatable bonds is 2. The first-order chi connectivity index (χ1) is 14.9. The first-order valence-electron chi connectivity index (χ1n) is 10.1. The van der Waals surface area contributed by atoms with Crippen molar-refractivity contribution in [2.75, 3.05) is 14.1 Å². The molecule has 4 N–H and O–H groups in total. The SMILES string of the molecule is C[C@H]1c2cccc(O)c2C(=O)C2C(=O)[C@]3(O)C(=O)C(C(=O)O)C(=O)[C@@H](N(C)C)[C@@H]3[C@@H](O)[C@@H]21. The second-order valence-electron chi connectivity index (χ2n) is 9.04. The van der Waals surface area contributed by atoms with Crippen molar-refractivity contribution in [3.8, 4) is 5.75 Å². The van der Waals surface area contributed by atoms with Crippen LogP contribution >= 0.6 is 0 Å². The molecule has 32 heavy (non-hydrogen) atoms. The van der Waals surface area contributed by atoms with Crippen molar-refractivity contribution in [3.05, 3.63) is 29.3 Å². The topological polar surface area (TPSA) is 170 Å². The molecule has 2 unspecified atom stereocenters. The summed E-state index contributed by atoms with van der Waals surface area (Å²) in [6, 6.07) is 2.90. The number of benzene rings is 1. The van der Waals surface area contributed by atoms with E-state index in [2.05, 4.69) is 0 Å². The number of carbonyl (C=O) groups excluding carboxylic acids is 4. The van der Waals surface area contributed by atoms with Gasteiger partial charge >= 0.3 is 5.97 Å². The van der Waals surface area contributed by atoms with Gasteiger partial charge in [-0.25, -0.2) is 0 Å². The summed E-state index contributed by atoms with van der Waals surface area (Å²) in [5.74, 6) is -14.3. The van der Waals surface area contributed by atoms with Crippen LogP contribution in [0.5, 0.6) is 5.75 Å². The number of likely N-dealkylation sites (N-methyl/N-ethyl adjacent to an activating group) is 1. The van der Waals surface area contributed by atoms with Crippen molar-refractivity contribution in [1.29, 1.82) is 0 Å². The van der Waals surface area contributed by atoms with Crippen molar-refractivity contribution >= 4 is 29.1 Å². The molecule has 10 heteroatoms. The van der Waals surface area contributed by atoms with E-state index in [0.29, 0.717) is 5.56 Å². The predicted octanol–water partition coefficient (Wildman–Crippen LogP) is -1.00. The molecule has 3 aliphatic carbocycles. The number of aliphatic hydroxyl groups is 2. The molecule has 0 spiro atoms. The van der Waals surface area contributed by atoms with Gasteiger partial charge in [0.25, 0.3) is 0 Å². The van der Waals surface area contributed by atoms with E-state index in [4.69, 9.17) is 0 Å². The number of phenols is 1. The molecular weight excluding hydrogens is 422 g/mol. The Balaban J connectivity index is 1.96. The zero-order valence-corrected chi connectivity index (χ0v) is 17.6. The van der Waals surface area contributed by atoms with Gasteiger partial charge in [0.15, 0.2) is 34.7 Å². The molecule has 4 rings (SSSR count). The van der Waals surface area contributed by atoms with Crippen LogP contribution in [0.3, 0.4) is 0 Å². The summed E-state index contributed by atoms with van der Waals surface area (Å²) >= 11 is 0. The molecular formula is C22H23NO9. The fourth-order valence-electron chi connectivity index (χ4n) is 5.91. The smallest absolute Gasteiger partial charge is 0.321 e. The first-order valence-corrected chi connectivity index (χ1v) is 10.1. The molecule has 0 heterocycles. The lowest BCUT2D eigenvalue weighted by molar-refractivity contribution is -0.198. The highest BCUT2D eigenvalue weighted by atomic mass is 16.4. The lowest BCUT2D eigenvalue weighted by Gasteiger charge is -2.55. The summed E-state index contributed by atoms with van der Waals surface area (Å²) < 4.78 is 0.